The van der Waals surface area contributed by atoms with E-state index in [0.717, 1.165) is 10.0 Å². The minimum atomic E-state index is -0.130. The molecular formula is C12H14BrN5O. The average Bonchev–Trinajstić information content (AvgIpc) is 2.77. The van der Waals surface area contributed by atoms with Crippen molar-refractivity contribution in [2.24, 2.45) is 0 Å². The molecular weight excluding hydrogens is 310 g/mol. The van der Waals surface area contributed by atoms with Gasteiger partial charge in [0.05, 0.1) is 0 Å². The number of hydrogen-bond acceptors (Lipinski definition) is 4. The smallest absolute Gasteiger partial charge is 0.243 e. The Morgan fingerprint density at radius 2 is 2.05 bits per heavy atom. The van der Waals surface area contributed by atoms with E-state index in [1.165, 1.54) is 4.80 Å². The number of nitrogens with zero attached hydrogens (tertiary/aromatic N) is 4. The lowest BCUT2D eigenvalue weighted by Crippen LogP contribution is -2.33. The molecule has 1 aromatic heterocycles. The molecule has 0 spiro atoms. The molecule has 6 nitrogen and oxygen atoms in total. The molecule has 0 atom stereocenters. The van der Waals surface area contributed by atoms with Crippen molar-refractivity contribution in [1.29, 1.82) is 0 Å². The Hall–Kier alpha value is -1.76. The van der Waals surface area contributed by atoms with Crippen LogP contribution in [0.1, 0.15) is 13.8 Å². The summed E-state index contributed by atoms with van der Waals surface area (Å²) < 4.78 is 0.986. The summed E-state index contributed by atoms with van der Waals surface area (Å²) in [4.78, 5) is 12.9. The van der Waals surface area contributed by atoms with Gasteiger partial charge in [0.2, 0.25) is 11.7 Å². The second-order valence-electron chi connectivity index (χ2n) is 4.37. The van der Waals surface area contributed by atoms with Crippen LogP contribution in [0.15, 0.2) is 28.7 Å². The van der Waals surface area contributed by atoms with E-state index in [9.17, 15) is 4.79 Å². The number of tetrazole rings is 1. The van der Waals surface area contributed by atoms with Crippen molar-refractivity contribution in [1.82, 2.24) is 25.5 Å². The Morgan fingerprint density at radius 3 is 2.68 bits per heavy atom. The molecule has 2 aromatic rings. The summed E-state index contributed by atoms with van der Waals surface area (Å²) in [6, 6.07) is 7.68. The van der Waals surface area contributed by atoms with E-state index < -0.39 is 0 Å². The van der Waals surface area contributed by atoms with Gasteiger partial charge in [-0.25, -0.2) is 0 Å². The van der Waals surface area contributed by atoms with Crippen molar-refractivity contribution in [3.05, 3.63) is 28.7 Å². The molecule has 1 amide bonds. The van der Waals surface area contributed by atoms with Crippen LogP contribution in [0.25, 0.3) is 11.4 Å². The molecule has 0 aliphatic carbocycles. The quantitative estimate of drug-likeness (QED) is 0.928. The number of amides is 1. The van der Waals surface area contributed by atoms with Crippen molar-refractivity contribution in [3.63, 3.8) is 0 Å². The van der Waals surface area contributed by atoms with Crippen LogP contribution in [0.3, 0.4) is 0 Å². The summed E-state index contributed by atoms with van der Waals surface area (Å²) in [6.45, 7) is 3.88. The van der Waals surface area contributed by atoms with Crippen molar-refractivity contribution in [2.75, 3.05) is 0 Å². The number of rotatable bonds is 4. The molecule has 19 heavy (non-hydrogen) atoms. The van der Waals surface area contributed by atoms with E-state index >= 15 is 0 Å². The fourth-order valence-electron chi connectivity index (χ4n) is 1.52. The van der Waals surface area contributed by atoms with Gasteiger partial charge in [-0.1, -0.05) is 15.9 Å². The number of halogens is 1. The van der Waals surface area contributed by atoms with E-state index in [2.05, 4.69) is 36.7 Å². The van der Waals surface area contributed by atoms with Crippen molar-refractivity contribution < 1.29 is 4.79 Å². The Morgan fingerprint density at radius 1 is 1.37 bits per heavy atom. The van der Waals surface area contributed by atoms with E-state index in [1.54, 1.807) is 0 Å². The summed E-state index contributed by atoms with van der Waals surface area (Å²) in [6.07, 6.45) is 0. The number of aromatic nitrogens is 4. The standard InChI is InChI=1S/C12H14BrN5O/c1-8(2)14-11(19)7-18-16-12(15-17-18)9-3-5-10(13)6-4-9/h3-6,8H,7H2,1-2H3,(H,14,19). The molecule has 0 bridgehead atoms. The van der Waals surface area contributed by atoms with Gasteiger partial charge in [0.15, 0.2) is 0 Å². The molecule has 0 unspecified atom stereocenters. The molecule has 1 N–H and O–H groups in total. The summed E-state index contributed by atoms with van der Waals surface area (Å²) in [7, 11) is 0. The maximum absolute atomic E-state index is 11.6. The van der Waals surface area contributed by atoms with E-state index in [4.69, 9.17) is 0 Å². The van der Waals surface area contributed by atoms with E-state index in [0.29, 0.717) is 5.82 Å². The molecule has 7 heteroatoms. The maximum Gasteiger partial charge on any atom is 0.243 e. The SMILES string of the molecule is CC(C)NC(=O)Cn1nnc(-c2ccc(Br)cc2)n1. The maximum atomic E-state index is 11.6. The molecule has 1 aromatic carbocycles. The van der Waals surface area contributed by atoms with Crippen molar-refractivity contribution in [2.45, 2.75) is 26.4 Å². The monoisotopic (exact) mass is 323 g/mol. The average molecular weight is 324 g/mol. The second-order valence-corrected chi connectivity index (χ2v) is 5.29. The number of hydrogen-bond donors (Lipinski definition) is 1. The zero-order valence-corrected chi connectivity index (χ0v) is 12.3. The Balaban J connectivity index is 2.07. The third kappa shape index (κ3) is 3.85. The number of benzene rings is 1. The van der Waals surface area contributed by atoms with Gasteiger partial charge < -0.3 is 5.32 Å². The molecule has 0 saturated heterocycles. The largest absolute Gasteiger partial charge is 0.352 e. The van der Waals surface area contributed by atoms with Crippen LogP contribution in [-0.4, -0.2) is 32.2 Å². The third-order valence-electron chi connectivity index (χ3n) is 2.29. The number of nitrogens with one attached hydrogen (secondary N) is 1. The zero-order valence-electron chi connectivity index (χ0n) is 10.7. The lowest BCUT2D eigenvalue weighted by atomic mass is 10.2. The van der Waals surface area contributed by atoms with Gasteiger partial charge in [0, 0.05) is 16.1 Å². The highest BCUT2D eigenvalue weighted by molar-refractivity contribution is 9.10. The highest BCUT2D eigenvalue weighted by Gasteiger charge is 2.09. The summed E-state index contributed by atoms with van der Waals surface area (Å²) in [5, 5.41) is 14.7. The topological polar surface area (TPSA) is 72.7 Å². The lowest BCUT2D eigenvalue weighted by molar-refractivity contribution is -0.122. The van der Waals surface area contributed by atoms with Crippen LogP contribution in [0.2, 0.25) is 0 Å². The van der Waals surface area contributed by atoms with E-state index in [1.807, 2.05) is 38.1 Å². The molecule has 100 valence electrons. The highest BCUT2D eigenvalue weighted by atomic mass is 79.9. The van der Waals surface area contributed by atoms with Crippen LogP contribution < -0.4 is 5.32 Å². The predicted molar refractivity (Wildman–Crippen MR) is 74.2 cm³/mol. The molecule has 0 saturated carbocycles. The molecule has 0 aliphatic heterocycles. The predicted octanol–water partition coefficient (Wildman–Crippen LogP) is 1.63. The van der Waals surface area contributed by atoms with Gasteiger partial charge in [-0.2, -0.15) is 4.80 Å². The number of carbonyl (C=O) groups is 1. The second kappa shape index (κ2) is 5.92. The summed E-state index contributed by atoms with van der Waals surface area (Å²) in [5.74, 6) is 0.375. The van der Waals surface area contributed by atoms with Gasteiger partial charge in [0.25, 0.3) is 0 Å². The molecule has 0 radical (unpaired) electrons. The Bertz CT molecular complexity index is 564. The first kappa shape index (κ1) is 13.7. The fraction of sp³-hybridized carbons (Fsp3) is 0.333. The number of carbonyl (C=O) groups excluding carboxylic acids is 1. The van der Waals surface area contributed by atoms with Crippen molar-refractivity contribution in [3.8, 4) is 11.4 Å². The molecule has 1 heterocycles. The highest BCUT2D eigenvalue weighted by Crippen LogP contribution is 2.17. The normalized spacial score (nSPS) is 10.7. The summed E-state index contributed by atoms with van der Waals surface area (Å²) in [5.41, 5.74) is 0.860. The minimum Gasteiger partial charge on any atom is -0.352 e. The van der Waals surface area contributed by atoms with Gasteiger partial charge >= 0.3 is 0 Å². The van der Waals surface area contributed by atoms with Gasteiger partial charge in [-0.3, -0.25) is 4.79 Å². The minimum absolute atomic E-state index is 0.0711. The van der Waals surface area contributed by atoms with Crippen LogP contribution in [0.5, 0.6) is 0 Å². The first-order chi connectivity index (χ1) is 9.04. The van der Waals surface area contributed by atoms with Crippen LogP contribution in [0, 0.1) is 0 Å². The zero-order chi connectivity index (χ0) is 13.8. The Labute approximate surface area is 119 Å². The Kier molecular flexibility index (Phi) is 4.26. The summed E-state index contributed by atoms with van der Waals surface area (Å²) >= 11 is 3.36. The van der Waals surface area contributed by atoms with Crippen LogP contribution in [-0.2, 0) is 11.3 Å². The fourth-order valence-corrected chi connectivity index (χ4v) is 1.79. The van der Waals surface area contributed by atoms with Crippen molar-refractivity contribution >= 4 is 21.8 Å². The van der Waals surface area contributed by atoms with Gasteiger partial charge in [0.1, 0.15) is 6.54 Å². The van der Waals surface area contributed by atoms with Crippen LogP contribution >= 0.6 is 15.9 Å². The molecule has 2 rings (SSSR count). The first-order valence-electron chi connectivity index (χ1n) is 5.87. The van der Waals surface area contributed by atoms with E-state index in [-0.39, 0.29) is 18.5 Å². The third-order valence-corrected chi connectivity index (χ3v) is 2.82. The van der Waals surface area contributed by atoms with Crippen LogP contribution in [0.4, 0.5) is 0 Å². The lowest BCUT2D eigenvalue weighted by Gasteiger charge is -2.06. The molecule has 0 aliphatic rings. The van der Waals surface area contributed by atoms with Gasteiger partial charge in [-0.05, 0) is 43.3 Å². The molecule has 0 fully saturated rings. The van der Waals surface area contributed by atoms with Gasteiger partial charge in [-0.15, -0.1) is 10.2 Å². The first-order valence-corrected chi connectivity index (χ1v) is 6.67.